The van der Waals surface area contributed by atoms with Gasteiger partial charge in [0.1, 0.15) is 0 Å². The van der Waals surface area contributed by atoms with Crippen molar-refractivity contribution in [2.45, 2.75) is 26.7 Å². The topological polar surface area (TPSA) is 87.7 Å². The van der Waals surface area contributed by atoms with Crippen LogP contribution < -0.4 is 0 Å². The normalized spacial score (nSPS) is 14.6. The van der Waals surface area contributed by atoms with Crippen LogP contribution in [0.2, 0.25) is 0 Å². The minimum absolute atomic E-state index is 0.229. The maximum atomic E-state index is 12.6. The number of nitrogens with zero attached hydrogens (tertiary/aromatic N) is 3. The second-order valence-electron chi connectivity index (χ2n) is 9.69. The second-order valence-corrected chi connectivity index (χ2v) is 9.69. The van der Waals surface area contributed by atoms with Gasteiger partial charge in [0.25, 0.3) is 23.6 Å². The van der Waals surface area contributed by atoms with Gasteiger partial charge in [-0.05, 0) is 85.3 Å². The van der Waals surface area contributed by atoms with Gasteiger partial charge < -0.3 is 0 Å². The zero-order chi connectivity index (χ0) is 26.6. The first kappa shape index (κ1) is 23.7. The predicted octanol–water partition coefficient (Wildman–Crippen LogP) is 4.65. The molecule has 0 radical (unpaired) electrons. The molecule has 3 heterocycles. The molecular weight excluding hydrogens is 478 g/mol. The van der Waals surface area contributed by atoms with E-state index in [0.29, 0.717) is 48.2 Å². The first-order valence-corrected chi connectivity index (χ1v) is 12.7. The molecule has 7 nitrogen and oxygen atoms in total. The maximum absolute atomic E-state index is 12.6. The molecule has 0 spiro atoms. The van der Waals surface area contributed by atoms with Crippen LogP contribution in [0.5, 0.6) is 0 Å². The number of carbonyl (C=O) groups excluding carboxylic acids is 4. The van der Waals surface area contributed by atoms with Crippen molar-refractivity contribution in [1.29, 1.82) is 0 Å². The Morgan fingerprint density at radius 1 is 0.553 bits per heavy atom. The fourth-order valence-electron chi connectivity index (χ4n) is 5.36. The van der Waals surface area contributed by atoms with Crippen LogP contribution in [0.4, 0.5) is 0 Å². The summed E-state index contributed by atoms with van der Waals surface area (Å²) in [5.74, 6) is -0.928. The van der Waals surface area contributed by atoms with Crippen LogP contribution in [-0.2, 0) is 12.8 Å². The molecule has 7 heteroatoms. The van der Waals surface area contributed by atoms with Crippen molar-refractivity contribution in [3.63, 3.8) is 0 Å². The van der Waals surface area contributed by atoms with Gasteiger partial charge in [0.15, 0.2) is 0 Å². The lowest BCUT2D eigenvalue weighted by molar-refractivity contribution is 0.0647. The van der Waals surface area contributed by atoms with Crippen LogP contribution >= 0.6 is 0 Å². The summed E-state index contributed by atoms with van der Waals surface area (Å²) in [7, 11) is 0. The summed E-state index contributed by atoms with van der Waals surface area (Å²) in [6, 6.07) is 19.1. The second kappa shape index (κ2) is 9.03. The number of carbonyl (C=O) groups is 4. The molecule has 0 N–H and O–H groups in total. The number of fused-ring (bicyclic) bond motifs is 3. The minimum Gasteiger partial charge on any atom is -0.275 e. The SMILES string of the molecule is CCN1C(=O)c2ccc(Cc3cnc4cc(Cc5ccc6c(c5)C(=O)N(CC)C6=O)ccc4c3)cc2C1=O. The van der Waals surface area contributed by atoms with Gasteiger partial charge in [-0.2, -0.15) is 0 Å². The van der Waals surface area contributed by atoms with E-state index in [0.717, 1.165) is 33.2 Å². The van der Waals surface area contributed by atoms with Gasteiger partial charge in [-0.25, -0.2) is 0 Å². The van der Waals surface area contributed by atoms with Crippen molar-refractivity contribution in [1.82, 2.24) is 14.8 Å². The zero-order valence-corrected chi connectivity index (χ0v) is 21.2. The molecule has 4 amide bonds. The Balaban J connectivity index is 1.21. The molecule has 0 fully saturated rings. The lowest BCUT2D eigenvalue weighted by atomic mass is 9.98. The molecule has 6 rings (SSSR count). The van der Waals surface area contributed by atoms with Gasteiger partial charge in [-0.15, -0.1) is 0 Å². The Morgan fingerprint density at radius 2 is 1.03 bits per heavy atom. The van der Waals surface area contributed by atoms with Gasteiger partial charge in [-0.1, -0.05) is 24.3 Å². The molecule has 1 aromatic heterocycles. The van der Waals surface area contributed by atoms with Gasteiger partial charge >= 0.3 is 0 Å². The largest absolute Gasteiger partial charge is 0.275 e. The molecule has 0 aliphatic carbocycles. The van der Waals surface area contributed by atoms with Crippen molar-refractivity contribution in [3.8, 4) is 0 Å². The van der Waals surface area contributed by atoms with Crippen molar-refractivity contribution in [3.05, 3.63) is 111 Å². The highest BCUT2D eigenvalue weighted by Gasteiger charge is 2.35. The molecule has 38 heavy (non-hydrogen) atoms. The Morgan fingerprint density at radius 3 is 1.58 bits per heavy atom. The number of hydrogen-bond donors (Lipinski definition) is 0. The summed E-state index contributed by atoms with van der Waals surface area (Å²) in [5, 5.41) is 1.00. The van der Waals surface area contributed by atoms with Crippen LogP contribution in [-0.4, -0.2) is 51.5 Å². The van der Waals surface area contributed by atoms with Gasteiger partial charge in [0, 0.05) is 24.7 Å². The Kier molecular flexibility index (Phi) is 5.64. The lowest BCUT2D eigenvalue weighted by Gasteiger charge is -2.09. The number of benzene rings is 3. The van der Waals surface area contributed by atoms with E-state index in [-0.39, 0.29) is 23.6 Å². The van der Waals surface area contributed by atoms with Crippen molar-refractivity contribution in [2.75, 3.05) is 13.1 Å². The van der Waals surface area contributed by atoms with E-state index in [1.807, 2.05) is 48.7 Å². The number of hydrogen-bond acceptors (Lipinski definition) is 5. The molecule has 0 saturated heterocycles. The van der Waals surface area contributed by atoms with E-state index in [9.17, 15) is 19.2 Å². The summed E-state index contributed by atoms with van der Waals surface area (Å²) in [4.78, 5) is 57.0. The molecular formula is C31H25N3O4. The number of aromatic nitrogens is 1. The summed E-state index contributed by atoms with van der Waals surface area (Å²) in [5.41, 5.74) is 6.72. The predicted molar refractivity (Wildman–Crippen MR) is 142 cm³/mol. The average molecular weight is 504 g/mol. The van der Waals surface area contributed by atoms with E-state index in [4.69, 9.17) is 0 Å². The van der Waals surface area contributed by atoms with Crippen LogP contribution in [0.3, 0.4) is 0 Å². The number of imide groups is 2. The highest BCUT2D eigenvalue weighted by molar-refractivity contribution is 6.22. The molecule has 3 aromatic carbocycles. The Bertz CT molecular complexity index is 1570. The first-order chi connectivity index (χ1) is 18.4. The number of rotatable bonds is 6. The summed E-state index contributed by atoms with van der Waals surface area (Å²) >= 11 is 0. The molecule has 0 atom stereocenters. The van der Waals surface area contributed by atoms with E-state index >= 15 is 0 Å². The van der Waals surface area contributed by atoms with E-state index in [2.05, 4.69) is 11.1 Å². The van der Waals surface area contributed by atoms with Crippen LogP contribution in [0.15, 0.2) is 66.9 Å². The fraction of sp³-hybridized carbons (Fsp3) is 0.194. The third kappa shape index (κ3) is 3.78. The van der Waals surface area contributed by atoms with Gasteiger partial charge in [0.05, 0.1) is 27.8 Å². The molecule has 188 valence electrons. The first-order valence-electron chi connectivity index (χ1n) is 12.7. The third-order valence-corrected chi connectivity index (χ3v) is 7.32. The maximum Gasteiger partial charge on any atom is 0.261 e. The molecule has 0 bridgehead atoms. The highest BCUT2D eigenvalue weighted by Crippen LogP contribution is 2.27. The summed E-state index contributed by atoms with van der Waals surface area (Å²) in [6.07, 6.45) is 3.06. The lowest BCUT2D eigenvalue weighted by Crippen LogP contribution is -2.29. The highest BCUT2D eigenvalue weighted by atomic mass is 16.2. The molecule has 0 unspecified atom stereocenters. The van der Waals surface area contributed by atoms with Gasteiger partial charge in [-0.3, -0.25) is 34.0 Å². The quantitative estimate of drug-likeness (QED) is 0.358. The van der Waals surface area contributed by atoms with Crippen LogP contribution in [0, 0.1) is 0 Å². The molecule has 2 aliphatic heterocycles. The molecule has 0 saturated carbocycles. The van der Waals surface area contributed by atoms with E-state index in [1.165, 1.54) is 9.80 Å². The van der Waals surface area contributed by atoms with Crippen molar-refractivity contribution in [2.24, 2.45) is 0 Å². The smallest absolute Gasteiger partial charge is 0.261 e. The zero-order valence-electron chi connectivity index (χ0n) is 21.2. The standard InChI is InChI=1S/C31H25N3O4/c1-3-33-28(35)23-9-6-18(14-25(23)30(33)37)11-20-5-8-22-13-21(17-32-27(22)16-20)12-19-7-10-24-26(15-19)31(38)34(4-2)29(24)36/h5-10,13-17H,3-4,11-12H2,1-2H3. The summed E-state index contributed by atoms with van der Waals surface area (Å²) in [6.45, 7) is 4.32. The van der Waals surface area contributed by atoms with Gasteiger partial charge in [0.2, 0.25) is 0 Å². The van der Waals surface area contributed by atoms with E-state index < -0.39 is 0 Å². The monoisotopic (exact) mass is 503 g/mol. The van der Waals surface area contributed by atoms with Crippen LogP contribution in [0.25, 0.3) is 10.9 Å². The Hall–Kier alpha value is -4.65. The third-order valence-electron chi connectivity index (χ3n) is 7.32. The molecule has 4 aromatic rings. The van der Waals surface area contributed by atoms with Crippen molar-refractivity contribution < 1.29 is 19.2 Å². The van der Waals surface area contributed by atoms with Crippen LogP contribution in [0.1, 0.15) is 77.5 Å². The number of pyridine rings is 1. The summed E-state index contributed by atoms with van der Waals surface area (Å²) < 4.78 is 0. The minimum atomic E-state index is -0.236. The molecule has 2 aliphatic rings. The average Bonchev–Trinajstić information content (AvgIpc) is 3.31. The number of amides is 4. The Labute approximate surface area is 219 Å². The fourth-order valence-corrected chi connectivity index (χ4v) is 5.36. The van der Waals surface area contributed by atoms with E-state index in [1.54, 1.807) is 26.0 Å². The van der Waals surface area contributed by atoms with Crippen molar-refractivity contribution >= 4 is 34.5 Å².